The van der Waals surface area contributed by atoms with Gasteiger partial charge in [-0.05, 0) is 44.6 Å². The first-order chi connectivity index (χ1) is 13.2. The van der Waals surface area contributed by atoms with E-state index in [1.165, 1.54) is 0 Å². The normalized spacial score (nSPS) is 23.4. The molecule has 28 heavy (non-hydrogen) atoms. The number of aryl methyl sites for hydroxylation is 1. The van der Waals surface area contributed by atoms with Crippen molar-refractivity contribution < 1.29 is 18.0 Å². The number of anilines is 1. The number of nitrogens with one attached hydrogen (secondary N) is 1. The van der Waals surface area contributed by atoms with E-state index in [9.17, 15) is 18.0 Å². The van der Waals surface area contributed by atoms with E-state index in [4.69, 9.17) is 0 Å². The number of aromatic nitrogens is 4. The van der Waals surface area contributed by atoms with Gasteiger partial charge in [0, 0.05) is 31.1 Å². The Hall–Kier alpha value is -2.17. The van der Waals surface area contributed by atoms with Gasteiger partial charge in [-0.2, -0.15) is 18.3 Å². The molecule has 2 aliphatic rings. The molecule has 4 rings (SSSR count). The van der Waals surface area contributed by atoms with Crippen LogP contribution in [0.5, 0.6) is 0 Å². The van der Waals surface area contributed by atoms with Crippen LogP contribution in [-0.2, 0) is 0 Å². The minimum Gasteiger partial charge on any atom is -0.368 e. The molecule has 2 atom stereocenters. The second-order valence-corrected chi connectivity index (χ2v) is 8.25. The van der Waals surface area contributed by atoms with Crippen molar-refractivity contribution in [1.29, 1.82) is 0 Å². The number of alkyl halides is 3. The van der Waals surface area contributed by atoms with Gasteiger partial charge in [0.25, 0.3) is 5.91 Å². The lowest BCUT2D eigenvalue weighted by atomic mass is 9.93. The first-order valence-electron chi connectivity index (χ1n) is 9.25. The maximum absolute atomic E-state index is 13.4. The van der Waals surface area contributed by atoms with Crippen LogP contribution >= 0.6 is 11.5 Å². The fourth-order valence-corrected chi connectivity index (χ4v) is 4.55. The van der Waals surface area contributed by atoms with Gasteiger partial charge in [0.2, 0.25) is 0 Å². The molecular weight excluding hydrogens is 393 g/mol. The van der Waals surface area contributed by atoms with Crippen LogP contribution in [0.25, 0.3) is 0 Å². The molecule has 4 heterocycles. The van der Waals surface area contributed by atoms with Gasteiger partial charge in [-0.3, -0.25) is 4.79 Å². The third-order valence-corrected chi connectivity index (χ3v) is 6.26. The number of hydrogen-bond donors (Lipinski definition) is 1. The summed E-state index contributed by atoms with van der Waals surface area (Å²) in [6.07, 6.45) is -3.03. The molecule has 0 saturated carbocycles. The van der Waals surface area contributed by atoms with E-state index in [0.717, 1.165) is 16.2 Å². The molecule has 0 aliphatic carbocycles. The standard InChI is InChI=1S/C17H21F3N6OS/c1-9-7-13(17(18,19)20)26-14(21-9)8-12(23-26)11-3-5-25(6-4-11)16(27)15-10(2)22-24-28-15/h8-9,11,13,21H,3-7H2,1-2H3/t9-,13-/m1/s1. The Balaban J connectivity index is 1.47. The van der Waals surface area contributed by atoms with E-state index < -0.39 is 12.2 Å². The van der Waals surface area contributed by atoms with E-state index in [2.05, 4.69) is 20.0 Å². The van der Waals surface area contributed by atoms with Crippen molar-refractivity contribution in [2.24, 2.45) is 0 Å². The van der Waals surface area contributed by atoms with Crippen molar-refractivity contribution in [2.45, 2.75) is 57.3 Å². The smallest absolute Gasteiger partial charge is 0.368 e. The average molecular weight is 414 g/mol. The number of rotatable bonds is 2. The van der Waals surface area contributed by atoms with Crippen LogP contribution in [0.4, 0.5) is 19.0 Å². The molecule has 2 aromatic heterocycles. The number of fused-ring (bicyclic) bond motifs is 1. The van der Waals surface area contributed by atoms with Crippen molar-refractivity contribution in [3.05, 3.63) is 22.3 Å². The quantitative estimate of drug-likeness (QED) is 0.816. The highest BCUT2D eigenvalue weighted by atomic mass is 32.1. The monoisotopic (exact) mass is 414 g/mol. The van der Waals surface area contributed by atoms with Gasteiger partial charge < -0.3 is 10.2 Å². The summed E-state index contributed by atoms with van der Waals surface area (Å²) in [5, 5.41) is 11.3. The summed E-state index contributed by atoms with van der Waals surface area (Å²) in [7, 11) is 0. The van der Waals surface area contributed by atoms with Crippen LogP contribution in [0.1, 0.15) is 59.2 Å². The van der Waals surface area contributed by atoms with Crippen LogP contribution in [0.3, 0.4) is 0 Å². The highest BCUT2D eigenvalue weighted by Crippen LogP contribution is 2.41. The fourth-order valence-electron chi connectivity index (χ4n) is 3.93. The van der Waals surface area contributed by atoms with Gasteiger partial charge in [-0.25, -0.2) is 4.68 Å². The summed E-state index contributed by atoms with van der Waals surface area (Å²) in [5.74, 6) is 0.373. The summed E-state index contributed by atoms with van der Waals surface area (Å²) >= 11 is 1.09. The average Bonchev–Trinajstić information content (AvgIpc) is 3.25. The third-order valence-electron chi connectivity index (χ3n) is 5.45. The highest BCUT2D eigenvalue weighted by Gasteiger charge is 2.45. The second kappa shape index (κ2) is 7.02. The largest absolute Gasteiger partial charge is 0.410 e. The molecule has 152 valence electrons. The molecule has 1 N–H and O–H groups in total. The topological polar surface area (TPSA) is 75.9 Å². The molecule has 0 bridgehead atoms. The number of amides is 1. The Kier molecular flexibility index (Phi) is 4.80. The molecule has 1 amide bonds. The lowest BCUT2D eigenvalue weighted by Gasteiger charge is -2.31. The number of halogens is 3. The molecular formula is C17H21F3N6OS. The first kappa shape index (κ1) is 19.2. The van der Waals surface area contributed by atoms with E-state index in [1.54, 1.807) is 24.8 Å². The van der Waals surface area contributed by atoms with Crippen molar-refractivity contribution >= 4 is 23.3 Å². The van der Waals surface area contributed by atoms with E-state index in [0.29, 0.717) is 48.0 Å². The summed E-state index contributed by atoms with van der Waals surface area (Å²) in [6.45, 7) is 4.57. The molecule has 0 radical (unpaired) electrons. The SMILES string of the molecule is Cc1nnsc1C(=O)N1CCC(c2cc3n(n2)[C@@H](C(F)(F)F)C[C@@H](C)N3)CC1. The van der Waals surface area contributed by atoms with Crippen molar-refractivity contribution in [1.82, 2.24) is 24.3 Å². The number of piperidine rings is 1. The van der Waals surface area contributed by atoms with Crippen molar-refractivity contribution in [3.8, 4) is 0 Å². The Labute approximate surface area is 164 Å². The van der Waals surface area contributed by atoms with Gasteiger partial charge in [-0.15, -0.1) is 5.10 Å². The zero-order valence-electron chi connectivity index (χ0n) is 15.5. The van der Waals surface area contributed by atoms with Crippen LogP contribution in [0.2, 0.25) is 0 Å². The molecule has 0 spiro atoms. The van der Waals surface area contributed by atoms with Gasteiger partial charge in [-0.1, -0.05) is 4.49 Å². The van der Waals surface area contributed by atoms with Crippen LogP contribution < -0.4 is 5.32 Å². The zero-order valence-corrected chi connectivity index (χ0v) is 16.3. The number of nitrogens with zero attached hydrogens (tertiary/aromatic N) is 5. The Morgan fingerprint density at radius 3 is 2.64 bits per heavy atom. The third kappa shape index (κ3) is 3.47. The predicted molar refractivity (Wildman–Crippen MR) is 97.5 cm³/mol. The molecule has 1 saturated heterocycles. The second-order valence-electron chi connectivity index (χ2n) is 7.49. The molecule has 0 aromatic carbocycles. The number of carbonyl (C=O) groups excluding carboxylic acids is 1. The van der Waals surface area contributed by atoms with Gasteiger partial charge in [0.1, 0.15) is 10.7 Å². The highest BCUT2D eigenvalue weighted by molar-refractivity contribution is 7.07. The summed E-state index contributed by atoms with van der Waals surface area (Å²) in [4.78, 5) is 14.9. The van der Waals surface area contributed by atoms with Crippen LogP contribution in [0.15, 0.2) is 6.07 Å². The maximum Gasteiger partial charge on any atom is 0.410 e. The van der Waals surface area contributed by atoms with Gasteiger partial charge in [0.15, 0.2) is 6.04 Å². The molecule has 11 heteroatoms. The molecule has 0 unspecified atom stereocenters. The minimum atomic E-state index is -4.33. The Morgan fingerprint density at radius 2 is 2.04 bits per heavy atom. The summed E-state index contributed by atoms with van der Waals surface area (Å²) in [6, 6.07) is -0.135. The lowest BCUT2D eigenvalue weighted by Crippen LogP contribution is -2.38. The Morgan fingerprint density at radius 1 is 1.32 bits per heavy atom. The number of carbonyl (C=O) groups is 1. The van der Waals surface area contributed by atoms with Gasteiger partial charge in [0.05, 0.1) is 11.4 Å². The van der Waals surface area contributed by atoms with Crippen molar-refractivity contribution in [2.75, 3.05) is 18.4 Å². The molecule has 2 aliphatic heterocycles. The summed E-state index contributed by atoms with van der Waals surface area (Å²) < 4.78 is 45.1. The Bertz CT molecular complexity index is 871. The van der Waals surface area contributed by atoms with Crippen LogP contribution in [0, 0.1) is 6.92 Å². The summed E-state index contributed by atoms with van der Waals surface area (Å²) in [5.41, 5.74) is 1.28. The molecule has 7 nitrogen and oxygen atoms in total. The van der Waals surface area contributed by atoms with Crippen LogP contribution in [-0.4, -0.2) is 55.5 Å². The van der Waals surface area contributed by atoms with E-state index >= 15 is 0 Å². The predicted octanol–water partition coefficient (Wildman–Crippen LogP) is 3.37. The maximum atomic E-state index is 13.4. The molecule has 1 fully saturated rings. The fraction of sp³-hybridized carbons (Fsp3) is 0.647. The van der Waals surface area contributed by atoms with E-state index in [1.807, 2.05) is 0 Å². The molecule has 2 aromatic rings. The van der Waals surface area contributed by atoms with Crippen molar-refractivity contribution in [3.63, 3.8) is 0 Å². The van der Waals surface area contributed by atoms with Gasteiger partial charge >= 0.3 is 6.18 Å². The minimum absolute atomic E-state index is 0.0349. The van der Waals surface area contributed by atoms with E-state index in [-0.39, 0.29) is 24.3 Å². The number of likely N-dealkylation sites (tertiary alicyclic amines) is 1. The zero-order chi connectivity index (χ0) is 20.1. The number of hydrogen-bond acceptors (Lipinski definition) is 6. The first-order valence-corrected chi connectivity index (χ1v) is 10.0. The lowest BCUT2D eigenvalue weighted by molar-refractivity contribution is -0.173.